The standard InChI is InChI=1S/C83H91Cl2F3N14O27/c1-33(2)21-47(90-6)73(115)98-64-66(110)38-10-15-51(45(84)24-38)124-53-26-40-27-54(70(53)128-80-71(69(113)68(112)55(32-103)126-80)127-59-31-82(5,72(114)34(3)123-59)91-18-20-102-19-17-57(94-81(102)122)93-58(109)22-36-7-12-42(13-8-36)129-83(86,87)88)125-52-16-11-39(25-46(52)85)67(111)65-78(120)97-63(79(121)101-100-35(4)104)44-28-41(105)29-50(107)60(44)43-23-37(9-14-49(43)106)61(75(117)99-65)96-76(118)62(40)95-74(116)48(30-56(89)108)92-77(64)119/h7-17,19,23-29,33-34,47-48,55,59,61-69,71-72,80,90-91,103,105-107,110-114H,18,20-22,30-32H2,1-6H3,(H2,89,108)(H,92,119)(H,95,116)(H,96,118)(H,97,120)(H,98,115)(H,99,117)(H,100,104)(H,101,121)(H,93,94,109,122)/t34-,47+,48?,55+,59-,61+,62?,63+,64+,65-,66+,67+,68+,69-,71+,72+,80-,82-/m0/s1. The van der Waals surface area contributed by atoms with Gasteiger partial charge in [0.2, 0.25) is 65.2 Å². The number of fused-ring (bicyclic) bond motifs is 15. The quantitative estimate of drug-likeness (QED) is 0.0449. The van der Waals surface area contributed by atoms with Gasteiger partial charge in [-0.25, -0.2) is 4.79 Å². The molecule has 46 heteroatoms. The second kappa shape index (κ2) is 40.0. The second-order valence-corrected chi connectivity index (χ2v) is 32.4. The molecule has 0 spiro atoms. The number of nitrogens with zero attached hydrogens (tertiary/aromatic N) is 2. The summed E-state index contributed by atoms with van der Waals surface area (Å²) in [5.74, 6) is -18.4. The molecule has 6 aromatic carbocycles. The van der Waals surface area contributed by atoms with Crippen molar-refractivity contribution in [2.24, 2.45) is 11.7 Å². The van der Waals surface area contributed by atoms with E-state index in [1.807, 2.05) is 0 Å². The lowest BCUT2D eigenvalue weighted by Gasteiger charge is -2.48. The average Bonchev–Trinajstić information content (AvgIpc) is 0.764. The Balaban J connectivity index is 0.980. The highest BCUT2D eigenvalue weighted by molar-refractivity contribution is 6.32. The van der Waals surface area contributed by atoms with E-state index in [1.54, 1.807) is 20.8 Å². The smallest absolute Gasteiger partial charge is 0.508 e. The van der Waals surface area contributed by atoms with Gasteiger partial charge in [-0.1, -0.05) is 67.4 Å². The molecule has 22 N–H and O–H groups in total. The third-order valence-electron chi connectivity index (χ3n) is 21.7. The average molecular weight is 1840 g/mol. The number of benzene rings is 6. The topological polar surface area (TPSA) is 611 Å². The van der Waals surface area contributed by atoms with Crippen LogP contribution in [0.2, 0.25) is 10.0 Å². The van der Waals surface area contributed by atoms with E-state index >= 15 is 24.0 Å². The molecule has 10 amide bonds. The maximum atomic E-state index is 16.3. The Morgan fingerprint density at radius 1 is 0.721 bits per heavy atom. The molecule has 129 heavy (non-hydrogen) atoms. The van der Waals surface area contributed by atoms with E-state index in [-0.39, 0.29) is 55.2 Å². The maximum absolute atomic E-state index is 16.3. The fourth-order valence-corrected chi connectivity index (χ4v) is 15.6. The number of nitrogens with two attached hydrogens (primary N) is 1. The van der Waals surface area contributed by atoms with Crippen molar-refractivity contribution in [1.29, 1.82) is 0 Å². The molecule has 2 fully saturated rings. The number of hydrazine groups is 1. The number of carbonyl (C=O) groups excluding carboxylic acids is 10. The number of nitrogens with one attached hydrogen (secondary N) is 11. The number of alkyl halides is 3. The molecule has 0 radical (unpaired) electrons. The minimum Gasteiger partial charge on any atom is -0.508 e. The molecule has 690 valence electrons. The summed E-state index contributed by atoms with van der Waals surface area (Å²) in [4.78, 5) is 162. The number of carbonyl (C=O) groups is 10. The Morgan fingerprint density at radius 2 is 1.36 bits per heavy atom. The normalized spacial score (nSPS) is 25.6. The van der Waals surface area contributed by atoms with Crippen molar-refractivity contribution < 1.29 is 140 Å². The number of hydrogen-bond donors (Lipinski definition) is 21. The Kier molecular flexibility index (Phi) is 29.6. The zero-order valence-corrected chi connectivity index (χ0v) is 70.6. The number of phenolic OH excluding ortho intramolecular Hbond substituents is 3. The minimum atomic E-state index is -4.94. The molecule has 0 saturated carbocycles. The van der Waals surface area contributed by atoms with Crippen molar-refractivity contribution in [3.63, 3.8) is 0 Å². The van der Waals surface area contributed by atoms with E-state index in [0.29, 0.717) is 5.56 Å². The number of aromatic hydroxyl groups is 3. The van der Waals surface area contributed by atoms with Crippen LogP contribution in [0, 0.1) is 5.92 Å². The van der Waals surface area contributed by atoms with Crippen LogP contribution in [0.3, 0.4) is 0 Å². The number of rotatable bonds is 21. The van der Waals surface area contributed by atoms with Crippen molar-refractivity contribution >= 4 is 88.1 Å². The highest BCUT2D eigenvalue weighted by Crippen LogP contribution is 2.50. The molecule has 1 aromatic heterocycles. The zero-order valence-electron chi connectivity index (χ0n) is 69.0. The number of likely N-dealkylation sites (N-methyl/N-ethyl adjacent to an activating group) is 1. The zero-order chi connectivity index (χ0) is 93.7. The van der Waals surface area contributed by atoms with E-state index in [9.17, 15) is 87.9 Å². The first kappa shape index (κ1) is 95.5. The molecule has 18 atom stereocenters. The van der Waals surface area contributed by atoms with Crippen LogP contribution in [-0.2, 0) is 75.1 Å². The monoisotopic (exact) mass is 1840 g/mol. The van der Waals surface area contributed by atoms with Crippen molar-refractivity contribution in [1.82, 2.24) is 62.9 Å². The number of aromatic nitrogens is 2. The molecule has 7 aromatic rings. The first-order chi connectivity index (χ1) is 61.0. The van der Waals surface area contributed by atoms with Crippen LogP contribution in [0.1, 0.15) is 118 Å². The van der Waals surface area contributed by atoms with Gasteiger partial charge in [-0.15, -0.1) is 13.2 Å². The highest BCUT2D eigenvalue weighted by atomic mass is 35.5. The van der Waals surface area contributed by atoms with Crippen LogP contribution < -0.4 is 89.1 Å². The Labute approximate surface area is 739 Å². The summed E-state index contributed by atoms with van der Waals surface area (Å²) in [6.07, 6.45) is -24.0. The molecule has 7 aliphatic rings. The molecule has 41 nitrogen and oxygen atoms in total. The van der Waals surface area contributed by atoms with Crippen LogP contribution in [0.4, 0.5) is 19.0 Å². The lowest BCUT2D eigenvalue weighted by molar-refractivity contribution is -0.334. The van der Waals surface area contributed by atoms with Gasteiger partial charge in [0.15, 0.2) is 23.9 Å². The van der Waals surface area contributed by atoms with Gasteiger partial charge in [-0.3, -0.25) is 63.4 Å². The first-order valence-corrected chi connectivity index (χ1v) is 40.7. The molecule has 14 rings (SSSR count). The number of primary amides is 1. The van der Waals surface area contributed by atoms with Crippen LogP contribution in [0.5, 0.6) is 51.7 Å². The molecule has 11 bridgehead atoms. The predicted molar refractivity (Wildman–Crippen MR) is 441 cm³/mol. The molecular formula is C83H91Cl2F3N14O27. The number of aliphatic hydroxyl groups excluding tert-OH is 6. The van der Waals surface area contributed by atoms with Gasteiger partial charge in [0.1, 0.15) is 107 Å². The summed E-state index contributed by atoms with van der Waals surface area (Å²) < 4.78 is 82.5. The van der Waals surface area contributed by atoms with E-state index < -0.39 is 283 Å². The van der Waals surface area contributed by atoms with Gasteiger partial charge in [-0.05, 0) is 139 Å². The van der Waals surface area contributed by atoms with Gasteiger partial charge >= 0.3 is 12.1 Å². The Bertz CT molecular complexity index is 5530. The van der Waals surface area contributed by atoms with Crippen LogP contribution in [0.25, 0.3) is 11.1 Å². The number of ether oxygens (including phenoxy) is 7. The van der Waals surface area contributed by atoms with Crippen molar-refractivity contribution in [2.75, 3.05) is 25.5 Å². The van der Waals surface area contributed by atoms with E-state index in [2.05, 4.69) is 68.4 Å². The number of phenols is 3. The molecular weight excluding hydrogens is 1750 g/mol. The largest absolute Gasteiger partial charge is 0.573 e. The first-order valence-electron chi connectivity index (χ1n) is 39.9. The lowest BCUT2D eigenvalue weighted by Crippen LogP contribution is -2.65. The third-order valence-corrected chi connectivity index (χ3v) is 22.2. The van der Waals surface area contributed by atoms with Crippen molar-refractivity contribution in [3.8, 4) is 62.9 Å². The SMILES string of the molecule is CN[C@H](CC(C)C)C(=O)N[C@H]1C(=O)NC(CC(N)=O)C(=O)NC2C(=O)N[C@H]3C(=O)N[C@H](C(=O)N[C@@H](C(=O)NNC(C)=O)c4cc(O)cc(O)c4-c4cc3ccc4O)[C@H](O)c3ccc(c(Cl)c3)Oc3cc2cc(c3O[C@@H]2O[C@H](CO)[C@@H](O)[C@H](O)[C@H]2O[C@H]2C[C@](C)(NCCn3ccc(NC(=O)Cc4ccc(OC(F)(F)F)cc4)nc3=O)[C@H](O)[C@H](C)O2)Oc2ccc(cc2Cl)[C@H]1O. The molecule has 0 aliphatic carbocycles. The molecule has 7 aliphatic heterocycles. The van der Waals surface area contributed by atoms with Crippen LogP contribution >= 0.6 is 23.2 Å². The third kappa shape index (κ3) is 22.4. The summed E-state index contributed by atoms with van der Waals surface area (Å²) in [6, 6.07) is 4.57. The second-order valence-electron chi connectivity index (χ2n) is 31.6. The Hall–Kier alpha value is -12.6. The summed E-state index contributed by atoms with van der Waals surface area (Å²) in [7, 11) is 1.45. The molecule has 8 heterocycles. The van der Waals surface area contributed by atoms with Crippen molar-refractivity contribution in [3.05, 3.63) is 169 Å². The summed E-state index contributed by atoms with van der Waals surface area (Å²) >= 11 is 14.3. The number of halogens is 5. The van der Waals surface area contributed by atoms with Gasteiger partial charge in [0.25, 0.3) is 5.91 Å². The number of aliphatic hydroxyl groups is 6. The summed E-state index contributed by atoms with van der Waals surface area (Å²) in [5.41, 5.74) is 4.89. The number of hydrogen-bond acceptors (Lipinski definition) is 30. The van der Waals surface area contributed by atoms with Crippen molar-refractivity contribution in [2.45, 2.75) is 182 Å². The van der Waals surface area contributed by atoms with Crippen LogP contribution in [-0.4, -0.2) is 220 Å². The number of anilines is 1. The maximum Gasteiger partial charge on any atom is 0.573 e. The van der Waals surface area contributed by atoms with E-state index in [1.165, 1.54) is 44.4 Å². The Morgan fingerprint density at radius 3 is 1.97 bits per heavy atom. The van der Waals surface area contributed by atoms with Gasteiger partial charge in [0.05, 0.1) is 47.7 Å². The fourth-order valence-electron chi connectivity index (χ4n) is 15.2. The number of amides is 10. The fraction of sp³-hybridized carbons (Fsp3) is 0.398. The van der Waals surface area contributed by atoms with Gasteiger partial charge in [0, 0.05) is 55.4 Å². The lowest BCUT2D eigenvalue weighted by atomic mass is 9.85. The van der Waals surface area contributed by atoms with Crippen LogP contribution in [0.15, 0.2) is 120 Å². The van der Waals surface area contributed by atoms with Gasteiger partial charge in [-0.2, -0.15) is 4.98 Å². The predicted octanol–water partition coefficient (Wildman–Crippen LogP) is 1.16. The van der Waals surface area contributed by atoms with Gasteiger partial charge < -0.3 is 133 Å². The molecule has 2 saturated heterocycles. The molecule has 2 unspecified atom stereocenters. The van der Waals surface area contributed by atoms with E-state index in [4.69, 9.17) is 57.4 Å². The minimum absolute atomic E-state index is 0.105. The summed E-state index contributed by atoms with van der Waals surface area (Å²) in [6.45, 7) is 6.31. The van der Waals surface area contributed by atoms with E-state index in [0.717, 1.165) is 96.4 Å². The summed E-state index contributed by atoms with van der Waals surface area (Å²) in [5, 5.41) is 129. The highest BCUT2D eigenvalue weighted by Gasteiger charge is 2.53.